The van der Waals surface area contributed by atoms with Crippen molar-refractivity contribution in [3.8, 4) is 0 Å². The summed E-state index contributed by atoms with van der Waals surface area (Å²) in [5.74, 6) is 0.106. The molecule has 2 rings (SSSR count). The molecule has 3 nitrogen and oxygen atoms in total. The summed E-state index contributed by atoms with van der Waals surface area (Å²) >= 11 is 0. The van der Waals surface area contributed by atoms with E-state index in [-0.39, 0.29) is 22.5 Å². The molecule has 0 aromatic carbocycles. The van der Waals surface area contributed by atoms with Gasteiger partial charge in [-0.25, -0.2) is 0 Å². The Morgan fingerprint density at radius 1 is 1.41 bits per heavy atom. The summed E-state index contributed by atoms with van der Waals surface area (Å²) in [5, 5.41) is 2.99. The van der Waals surface area contributed by atoms with Crippen molar-refractivity contribution < 1.29 is 9.53 Å². The first-order chi connectivity index (χ1) is 7.83. The van der Waals surface area contributed by atoms with Crippen LogP contribution in [0.1, 0.15) is 46.5 Å². The van der Waals surface area contributed by atoms with Gasteiger partial charge >= 0.3 is 0 Å². The highest BCUT2D eigenvalue weighted by Gasteiger charge is 2.54. The smallest absolute Gasteiger partial charge is 0.220 e. The molecule has 1 heterocycles. The fraction of sp³-hybridized carbons (Fsp3) is 0.786. The zero-order valence-corrected chi connectivity index (χ0v) is 11.1. The molecule has 1 aliphatic carbocycles. The molecule has 0 radical (unpaired) electrons. The third kappa shape index (κ3) is 2.25. The van der Waals surface area contributed by atoms with Gasteiger partial charge in [-0.3, -0.25) is 4.79 Å². The van der Waals surface area contributed by atoms with E-state index in [0.29, 0.717) is 13.0 Å². The molecule has 1 unspecified atom stereocenters. The Morgan fingerprint density at radius 3 is 2.41 bits per heavy atom. The molecule has 96 valence electrons. The first-order valence-electron chi connectivity index (χ1n) is 6.41. The molecule has 0 bridgehead atoms. The summed E-state index contributed by atoms with van der Waals surface area (Å²) in [4.78, 5) is 11.3. The second kappa shape index (κ2) is 3.84. The molecule has 0 aromatic heterocycles. The number of amides is 1. The number of hydrogen-bond donors (Lipinski definition) is 1. The summed E-state index contributed by atoms with van der Waals surface area (Å²) in [5.41, 5.74) is -0.160. The minimum absolute atomic E-state index is 0.0102. The second-order valence-electron chi connectivity index (χ2n) is 6.44. The molecular formula is C14H23NO2. The number of ether oxygens (including phenoxy) is 1. The molecule has 0 aromatic rings. The fourth-order valence-electron chi connectivity index (χ4n) is 2.55. The fourth-order valence-corrected chi connectivity index (χ4v) is 2.55. The molecule has 2 aliphatic rings. The highest BCUT2D eigenvalue weighted by atomic mass is 16.5. The average molecular weight is 237 g/mol. The largest absolute Gasteiger partial charge is 0.372 e. The van der Waals surface area contributed by atoms with Gasteiger partial charge in [-0.1, -0.05) is 26.8 Å². The van der Waals surface area contributed by atoms with Crippen LogP contribution in [0.4, 0.5) is 0 Å². The lowest BCUT2D eigenvalue weighted by atomic mass is 9.86. The Bertz CT molecular complexity index is 339. The Balaban J connectivity index is 1.98. The Kier molecular flexibility index (Phi) is 2.85. The van der Waals surface area contributed by atoms with E-state index in [2.05, 4.69) is 32.7 Å². The molecule has 1 saturated heterocycles. The van der Waals surface area contributed by atoms with Gasteiger partial charge in [0.25, 0.3) is 0 Å². The van der Waals surface area contributed by atoms with Crippen molar-refractivity contribution in [2.45, 2.75) is 57.6 Å². The van der Waals surface area contributed by atoms with Crippen LogP contribution in [-0.2, 0) is 9.53 Å². The summed E-state index contributed by atoms with van der Waals surface area (Å²) < 4.78 is 6.15. The van der Waals surface area contributed by atoms with Gasteiger partial charge in [0.2, 0.25) is 5.91 Å². The molecule has 0 spiro atoms. The lowest BCUT2D eigenvalue weighted by molar-refractivity contribution is -0.120. The van der Waals surface area contributed by atoms with Gasteiger partial charge in [-0.2, -0.15) is 0 Å². The summed E-state index contributed by atoms with van der Waals surface area (Å²) in [6, 6.07) is 0. The van der Waals surface area contributed by atoms with Gasteiger partial charge in [-0.05, 0) is 24.7 Å². The molecule has 1 atom stereocenters. The molecule has 17 heavy (non-hydrogen) atoms. The molecule has 1 amide bonds. The highest BCUT2D eigenvalue weighted by molar-refractivity contribution is 5.80. The number of carbonyl (C=O) groups is 1. The van der Waals surface area contributed by atoms with E-state index in [0.717, 1.165) is 19.3 Å². The number of carbonyl (C=O) groups excluding carboxylic acids is 1. The van der Waals surface area contributed by atoms with Crippen molar-refractivity contribution in [2.24, 2.45) is 5.41 Å². The number of nitrogens with one attached hydrogen (secondary N) is 1. The van der Waals surface area contributed by atoms with Gasteiger partial charge < -0.3 is 10.1 Å². The topological polar surface area (TPSA) is 38.3 Å². The average Bonchev–Trinajstić information content (AvgIpc) is 2.96. The van der Waals surface area contributed by atoms with Crippen LogP contribution >= 0.6 is 0 Å². The van der Waals surface area contributed by atoms with Crippen molar-refractivity contribution in [3.63, 3.8) is 0 Å². The monoisotopic (exact) mass is 237 g/mol. The Labute approximate surface area is 104 Å². The first-order valence-corrected chi connectivity index (χ1v) is 6.41. The zero-order valence-electron chi connectivity index (χ0n) is 11.1. The van der Waals surface area contributed by atoms with Gasteiger partial charge in [0.15, 0.2) is 0 Å². The SMILES string of the molecule is C=CC1(COC2(C(C)(C)C)CC2)CCC(=O)N1. The normalized spacial score (nSPS) is 31.1. The van der Waals surface area contributed by atoms with Crippen LogP contribution in [0.2, 0.25) is 0 Å². The van der Waals surface area contributed by atoms with Crippen molar-refractivity contribution in [2.75, 3.05) is 6.61 Å². The Morgan fingerprint density at radius 2 is 2.06 bits per heavy atom. The summed E-state index contributed by atoms with van der Waals surface area (Å²) in [6.45, 7) is 11.0. The molecule has 2 fully saturated rings. The summed E-state index contributed by atoms with van der Waals surface area (Å²) in [6.07, 6.45) is 5.46. The predicted octanol–water partition coefficient (Wildman–Crippen LogP) is 2.42. The summed E-state index contributed by atoms with van der Waals surface area (Å²) in [7, 11) is 0. The van der Waals surface area contributed by atoms with Gasteiger partial charge in [0, 0.05) is 6.42 Å². The van der Waals surface area contributed by atoms with Crippen molar-refractivity contribution in [3.05, 3.63) is 12.7 Å². The van der Waals surface area contributed by atoms with E-state index in [9.17, 15) is 4.79 Å². The third-order valence-corrected chi connectivity index (χ3v) is 4.25. The van der Waals surface area contributed by atoms with E-state index in [1.165, 1.54) is 0 Å². The zero-order chi connectivity index (χ0) is 12.7. The lowest BCUT2D eigenvalue weighted by Gasteiger charge is -2.35. The number of rotatable bonds is 4. The molecule has 1 aliphatic heterocycles. The van der Waals surface area contributed by atoms with E-state index in [1.54, 1.807) is 0 Å². The van der Waals surface area contributed by atoms with E-state index in [1.807, 2.05) is 6.08 Å². The van der Waals surface area contributed by atoms with Gasteiger partial charge in [-0.15, -0.1) is 6.58 Å². The van der Waals surface area contributed by atoms with Crippen LogP contribution in [0.15, 0.2) is 12.7 Å². The van der Waals surface area contributed by atoms with Crippen molar-refractivity contribution in [1.82, 2.24) is 5.32 Å². The first kappa shape index (κ1) is 12.6. The number of hydrogen-bond acceptors (Lipinski definition) is 2. The van der Waals surface area contributed by atoms with E-state index < -0.39 is 0 Å². The highest BCUT2D eigenvalue weighted by Crippen LogP contribution is 2.53. The van der Waals surface area contributed by atoms with Crippen LogP contribution < -0.4 is 5.32 Å². The minimum atomic E-state index is -0.335. The van der Waals surface area contributed by atoms with E-state index in [4.69, 9.17) is 4.74 Å². The van der Waals surface area contributed by atoms with Gasteiger partial charge in [0.1, 0.15) is 0 Å². The van der Waals surface area contributed by atoms with Crippen LogP contribution in [-0.4, -0.2) is 23.7 Å². The van der Waals surface area contributed by atoms with Crippen LogP contribution in [0.3, 0.4) is 0 Å². The predicted molar refractivity (Wildman–Crippen MR) is 67.7 cm³/mol. The van der Waals surface area contributed by atoms with Crippen molar-refractivity contribution in [1.29, 1.82) is 0 Å². The van der Waals surface area contributed by atoms with Crippen LogP contribution in [0.5, 0.6) is 0 Å². The third-order valence-electron chi connectivity index (χ3n) is 4.25. The van der Waals surface area contributed by atoms with Crippen LogP contribution in [0, 0.1) is 5.41 Å². The second-order valence-corrected chi connectivity index (χ2v) is 6.44. The van der Waals surface area contributed by atoms with E-state index >= 15 is 0 Å². The minimum Gasteiger partial charge on any atom is -0.372 e. The standard InChI is InChI=1S/C14H23NO2/c1-5-13(7-6-11(16)15-13)10-17-14(8-9-14)12(2,3)4/h5H,1,6-10H2,2-4H3,(H,15,16). The van der Waals surface area contributed by atoms with Crippen LogP contribution in [0.25, 0.3) is 0 Å². The molecule has 1 N–H and O–H groups in total. The molecule has 1 saturated carbocycles. The maximum absolute atomic E-state index is 11.3. The molecule has 3 heteroatoms. The maximum atomic E-state index is 11.3. The van der Waals surface area contributed by atoms with Crippen molar-refractivity contribution >= 4 is 5.91 Å². The van der Waals surface area contributed by atoms with Gasteiger partial charge in [0.05, 0.1) is 17.7 Å². The quantitative estimate of drug-likeness (QED) is 0.763. The Hall–Kier alpha value is -0.830. The maximum Gasteiger partial charge on any atom is 0.220 e. The lowest BCUT2D eigenvalue weighted by Crippen LogP contribution is -2.46. The molecular weight excluding hydrogens is 214 g/mol.